The number of hydrogen-bond donors (Lipinski definition) is 1. The molecule has 21 heavy (non-hydrogen) atoms. The van der Waals surface area contributed by atoms with E-state index >= 15 is 0 Å². The summed E-state index contributed by atoms with van der Waals surface area (Å²) in [6.07, 6.45) is 1.57. The molecular weight excluding hydrogens is 309 g/mol. The molecule has 0 atom stereocenters. The number of aromatic nitrogens is 2. The zero-order valence-corrected chi connectivity index (χ0v) is 12.2. The van der Waals surface area contributed by atoms with Crippen molar-refractivity contribution in [3.63, 3.8) is 0 Å². The predicted octanol–water partition coefficient (Wildman–Crippen LogP) is 3.51. The quantitative estimate of drug-likeness (QED) is 0.697. The molecule has 0 bridgehead atoms. The molecule has 0 amide bonds. The Balaban J connectivity index is 2.30. The van der Waals surface area contributed by atoms with E-state index in [9.17, 15) is 0 Å². The summed E-state index contributed by atoms with van der Waals surface area (Å²) < 4.78 is 5.38. The molecule has 0 unspecified atom stereocenters. The van der Waals surface area contributed by atoms with Crippen molar-refractivity contribution >= 4 is 34.2 Å². The monoisotopic (exact) mass is 317 g/mol. The third-order valence-electron chi connectivity index (χ3n) is 2.77. The molecular formula is C15H9Cl2N3O. The van der Waals surface area contributed by atoms with Gasteiger partial charge in [0.1, 0.15) is 11.4 Å². The summed E-state index contributed by atoms with van der Waals surface area (Å²) in [5.74, 6) is 6.26. The van der Waals surface area contributed by atoms with Gasteiger partial charge in [-0.25, -0.2) is 9.97 Å². The van der Waals surface area contributed by atoms with Crippen LogP contribution < -0.4 is 5.73 Å². The van der Waals surface area contributed by atoms with Crippen LogP contribution in [0.5, 0.6) is 0 Å². The van der Waals surface area contributed by atoms with E-state index in [2.05, 4.69) is 21.8 Å². The Morgan fingerprint density at radius 1 is 1.14 bits per heavy atom. The minimum Gasteiger partial charge on any atom is -0.463 e. The number of hydrogen-bond acceptors (Lipinski definition) is 4. The highest BCUT2D eigenvalue weighted by Crippen LogP contribution is 2.29. The van der Waals surface area contributed by atoms with Crippen LogP contribution in [0.3, 0.4) is 0 Å². The second-order valence-corrected chi connectivity index (χ2v) is 4.97. The summed E-state index contributed by atoms with van der Waals surface area (Å²) in [6, 6.07) is 6.89. The average Bonchev–Trinajstić information content (AvgIpc) is 3.00. The first kappa shape index (κ1) is 13.9. The molecule has 0 aliphatic heterocycles. The lowest BCUT2D eigenvalue weighted by atomic mass is 10.2. The highest BCUT2D eigenvalue weighted by Gasteiger charge is 2.13. The van der Waals surface area contributed by atoms with Gasteiger partial charge >= 0.3 is 0 Å². The summed E-state index contributed by atoms with van der Waals surface area (Å²) >= 11 is 12.0. The highest BCUT2D eigenvalue weighted by atomic mass is 35.5. The fourth-order valence-electron chi connectivity index (χ4n) is 1.86. The smallest absolute Gasteiger partial charge is 0.155 e. The maximum Gasteiger partial charge on any atom is 0.155 e. The van der Waals surface area contributed by atoms with Crippen molar-refractivity contribution in [2.75, 3.05) is 6.54 Å². The van der Waals surface area contributed by atoms with E-state index in [4.69, 9.17) is 33.4 Å². The predicted molar refractivity (Wildman–Crippen MR) is 83.2 cm³/mol. The molecule has 104 valence electrons. The lowest BCUT2D eigenvalue weighted by Crippen LogP contribution is -1.97. The van der Waals surface area contributed by atoms with E-state index in [1.807, 2.05) is 0 Å². The summed E-state index contributed by atoms with van der Waals surface area (Å²) in [5.41, 5.74) is 7.68. The molecule has 0 aliphatic carbocycles. The summed E-state index contributed by atoms with van der Waals surface area (Å²) in [4.78, 5) is 9.01. The first-order chi connectivity index (χ1) is 10.2. The van der Waals surface area contributed by atoms with E-state index in [1.54, 1.807) is 30.5 Å². The normalized spacial score (nSPS) is 10.4. The van der Waals surface area contributed by atoms with Gasteiger partial charge in [-0.15, -0.1) is 0 Å². The molecule has 4 nitrogen and oxygen atoms in total. The summed E-state index contributed by atoms with van der Waals surface area (Å²) in [5, 5.41) is 0.839. The number of fused-ring (bicyclic) bond motifs is 1. The number of halogens is 2. The standard InChI is InChI=1S/C15H9Cl2N3O/c16-9-7-12-13(8-10(9)17)20-15(14-4-2-6-21-14)11(19-12)3-1-5-18/h2,4,6-8H,5,18H2. The molecule has 0 spiro atoms. The molecule has 0 fully saturated rings. The van der Waals surface area contributed by atoms with Crippen molar-refractivity contribution in [1.29, 1.82) is 0 Å². The SMILES string of the molecule is NCC#Cc1nc2cc(Cl)c(Cl)cc2nc1-c1ccco1. The third kappa shape index (κ3) is 2.72. The van der Waals surface area contributed by atoms with Crippen molar-refractivity contribution in [3.8, 4) is 23.3 Å². The first-order valence-corrected chi connectivity index (χ1v) is 6.84. The number of nitrogens with two attached hydrogens (primary N) is 1. The van der Waals surface area contributed by atoms with E-state index in [0.717, 1.165) is 0 Å². The van der Waals surface area contributed by atoms with Crippen LogP contribution in [0.2, 0.25) is 10.0 Å². The summed E-state index contributed by atoms with van der Waals surface area (Å²) in [6.45, 7) is 0.235. The Morgan fingerprint density at radius 3 is 2.48 bits per heavy atom. The molecule has 2 N–H and O–H groups in total. The van der Waals surface area contributed by atoms with Crippen LogP contribution in [0.1, 0.15) is 5.69 Å². The van der Waals surface area contributed by atoms with Gasteiger partial charge in [0.2, 0.25) is 0 Å². The maximum absolute atomic E-state index is 6.02. The van der Waals surface area contributed by atoms with Crippen molar-refractivity contribution < 1.29 is 4.42 Å². The number of benzene rings is 1. The van der Waals surface area contributed by atoms with Crippen LogP contribution in [0, 0.1) is 11.8 Å². The molecule has 0 saturated heterocycles. The number of rotatable bonds is 1. The minimum absolute atomic E-state index is 0.235. The van der Waals surface area contributed by atoms with Crippen LogP contribution in [0.4, 0.5) is 0 Å². The Kier molecular flexibility index (Phi) is 3.80. The van der Waals surface area contributed by atoms with Crippen molar-refractivity contribution in [3.05, 3.63) is 46.3 Å². The Hall–Kier alpha value is -2.06. The van der Waals surface area contributed by atoms with E-state index in [0.29, 0.717) is 38.2 Å². The molecule has 3 rings (SSSR count). The Morgan fingerprint density at radius 2 is 1.86 bits per heavy atom. The second kappa shape index (κ2) is 5.74. The van der Waals surface area contributed by atoms with Gasteiger partial charge in [-0.3, -0.25) is 0 Å². The zero-order chi connectivity index (χ0) is 14.8. The first-order valence-electron chi connectivity index (χ1n) is 6.08. The second-order valence-electron chi connectivity index (χ2n) is 4.16. The van der Waals surface area contributed by atoms with Gasteiger partial charge in [0.05, 0.1) is 33.9 Å². The number of nitrogens with zero attached hydrogens (tertiary/aromatic N) is 2. The summed E-state index contributed by atoms with van der Waals surface area (Å²) in [7, 11) is 0. The highest BCUT2D eigenvalue weighted by molar-refractivity contribution is 6.42. The largest absolute Gasteiger partial charge is 0.463 e. The van der Waals surface area contributed by atoms with Crippen molar-refractivity contribution in [2.45, 2.75) is 0 Å². The van der Waals surface area contributed by atoms with E-state index in [1.165, 1.54) is 0 Å². The van der Waals surface area contributed by atoms with Gasteiger partial charge in [-0.1, -0.05) is 29.1 Å². The van der Waals surface area contributed by atoms with E-state index in [-0.39, 0.29) is 6.54 Å². The Labute approximate surface area is 130 Å². The molecule has 1 aromatic carbocycles. The fraction of sp³-hybridized carbons (Fsp3) is 0.0667. The molecule has 2 aromatic heterocycles. The van der Waals surface area contributed by atoms with Crippen LogP contribution in [0.15, 0.2) is 34.9 Å². The number of furan rings is 1. The zero-order valence-electron chi connectivity index (χ0n) is 10.7. The molecule has 6 heteroatoms. The van der Waals surface area contributed by atoms with Gasteiger partial charge in [0.15, 0.2) is 5.76 Å². The van der Waals surface area contributed by atoms with Crippen LogP contribution in [0.25, 0.3) is 22.5 Å². The van der Waals surface area contributed by atoms with Gasteiger partial charge in [0, 0.05) is 0 Å². The maximum atomic E-state index is 6.02. The molecule has 0 radical (unpaired) electrons. The lowest BCUT2D eigenvalue weighted by Gasteiger charge is -2.05. The minimum atomic E-state index is 0.235. The van der Waals surface area contributed by atoms with Crippen LogP contribution >= 0.6 is 23.2 Å². The molecule has 3 aromatic rings. The fourth-order valence-corrected chi connectivity index (χ4v) is 2.17. The van der Waals surface area contributed by atoms with Gasteiger partial charge < -0.3 is 10.2 Å². The third-order valence-corrected chi connectivity index (χ3v) is 3.49. The lowest BCUT2D eigenvalue weighted by molar-refractivity contribution is 0.580. The average molecular weight is 318 g/mol. The van der Waals surface area contributed by atoms with E-state index < -0.39 is 0 Å². The molecule has 0 saturated carbocycles. The van der Waals surface area contributed by atoms with Crippen molar-refractivity contribution in [2.24, 2.45) is 5.73 Å². The van der Waals surface area contributed by atoms with Crippen LogP contribution in [-0.4, -0.2) is 16.5 Å². The van der Waals surface area contributed by atoms with Gasteiger partial charge in [0.25, 0.3) is 0 Å². The Bertz CT molecular complexity index is 864. The van der Waals surface area contributed by atoms with Crippen molar-refractivity contribution in [1.82, 2.24) is 9.97 Å². The van der Waals surface area contributed by atoms with Gasteiger partial charge in [-0.05, 0) is 30.2 Å². The molecule has 0 aliphatic rings. The van der Waals surface area contributed by atoms with Crippen LogP contribution in [-0.2, 0) is 0 Å². The molecule has 2 heterocycles. The topological polar surface area (TPSA) is 64.9 Å². The van der Waals surface area contributed by atoms with Gasteiger partial charge in [-0.2, -0.15) is 0 Å².